The first-order valence-corrected chi connectivity index (χ1v) is 12.7. The van der Waals surface area contributed by atoms with E-state index in [0.29, 0.717) is 18.5 Å². The third kappa shape index (κ3) is 9.75. The molecule has 0 aromatic heterocycles. The van der Waals surface area contributed by atoms with Crippen LogP contribution in [0.25, 0.3) is 0 Å². The molecule has 0 heterocycles. The van der Waals surface area contributed by atoms with Crippen LogP contribution in [0, 0.1) is 12.8 Å². The molecule has 0 radical (unpaired) electrons. The van der Waals surface area contributed by atoms with Gasteiger partial charge in [-0.15, -0.1) is 6.58 Å². The van der Waals surface area contributed by atoms with Gasteiger partial charge in [0.1, 0.15) is 17.7 Å². The predicted octanol–water partition coefficient (Wildman–Crippen LogP) is 5.31. The van der Waals surface area contributed by atoms with Gasteiger partial charge < -0.3 is 20.3 Å². The third-order valence-electron chi connectivity index (χ3n) is 5.53. The Bertz CT molecular complexity index is 1060. The fourth-order valence-electron chi connectivity index (χ4n) is 4.00. The van der Waals surface area contributed by atoms with Crippen molar-refractivity contribution in [1.29, 1.82) is 0 Å². The van der Waals surface area contributed by atoms with E-state index in [4.69, 9.17) is 4.74 Å². The zero-order valence-corrected chi connectivity index (χ0v) is 22.9. The fourth-order valence-corrected chi connectivity index (χ4v) is 4.00. The van der Waals surface area contributed by atoms with Crippen LogP contribution >= 0.6 is 0 Å². The minimum absolute atomic E-state index is 0.110. The molecule has 0 aliphatic carbocycles. The summed E-state index contributed by atoms with van der Waals surface area (Å²) < 4.78 is 5.42. The van der Waals surface area contributed by atoms with Gasteiger partial charge in [0.2, 0.25) is 11.8 Å². The van der Waals surface area contributed by atoms with E-state index in [9.17, 15) is 14.4 Å². The Labute approximate surface area is 221 Å². The topological polar surface area (TPSA) is 87.7 Å². The van der Waals surface area contributed by atoms with Crippen molar-refractivity contribution >= 4 is 17.9 Å². The highest BCUT2D eigenvalue weighted by molar-refractivity contribution is 5.92. The Kier molecular flexibility index (Phi) is 10.9. The SMILES string of the molecule is C=CCN(C(=O)C(CC(C)C)NC(=O)OC(C)(C)C)C(C(=O)NCc1ccccc1)c1cccc(C)c1. The summed E-state index contributed by atoms with van der Waals surface area (Å²) in [5.41, 5.74) is 1.89. The number of amides is 3. The lowest BCUT2D eigenvalue weighted by Gasteiger charge is -2.34. The van der Waals surface area contributed by atoms with Crippen LogP contribution in [0.5, 0.6) is 0 Å². The molecule has 200 valence electrons. The largest absolute Gasteiger partial charge is 0.444 e. The van der Waals surface area contributed by atoms with E-state index in [2.05, 4.69) is 17.2 Å². The van der Waals surface area contributed by atoms with Gasteiger partial charge in [-0.05, 0) is 51.2 Å². The number of carbonyl (C=O) groups excluding carboxylic acids is 3. The van der Waals surface area contributed by atoms with Crippen LogP contribution in [0.1, 0.15) is 63.8 Å². The summed E-state index contributed by atoms with van der Waals surface area (Å²) in [6.07, 6.45) is 1.30. The van der Waals surface area contributed by atoms with Crippen LogP contribution in [0.2, 0.25) is 0 Å². The first kappa shape index (κ1) is 29.6. The number of carbonyl (C=O) groups is 3. The Morgan fingerprint density at radius 2 is 1.73 bits per heavy atom. The lowest BCUT2D eigenvalue weighted by Crippen LogP contribution is -2.53. The molecule has 0 aliphatic heterocycles. The molecule has 0 aliphatic rings. The maximum atomic E-state index is 14.0. The molecule has 2 aromatic carbocycles. The van der Waals surface area contributed by atoms with Crippen molar-refractivity contribution in [2.75, 3.05) is 6.54 Å². The van der Waals surface area contributed by atoms with Crippen LogP contribution < -0.4 is 10.6 Å². The van der Waals surface area contributed by atoms with Crippen LogP contribution in [0.3, 0.4) is 0 Å². The smallest absolute Gasteiger partial charge is 0.408 e. The molecule has 3 amide bonds. The lowest BCUT2D eigenvalue weighted by molar-refractivity contribution is -0.142. The fraction of sp³-hybridized carbons (Fsp3) is 0.433. The van der Waals surface area contributed by atoms with Crippen LogP contribution in [0.15, 0.2) is 67.3 Å². The summed E-state index contributed by atoms with van der Waals surface area (Å²) >= 11 is 0. The van der Waals surface area contributed by atoms with Crippen LogP contribution in [-0.2, 0) is 20.9 Å². The highest BCUT2D eigenvalue weighted by atomic mass is 16.6. The normalized spacial score (nSPS) is 12.8. The van der Waals surface area contributed by atoms with Crippen molar-refractivity contribution in [3.8, 4) is 0 Å². The number of rotatable bonds is 11. The second-order valence-electron chi connectivity index (χ2n) is 10.6. The summed E-state index contributed by atoms with van der Waals surface area (Å²) in [4.78, 5) is 41.7. The van der Waals surface area contributed by atoms with Gasteiger partial charge in [-0.25, -0.2) is 4.79 Å². The summed E-state index contributed by atoms with van der Waals surface area (Å²) in [7, 11) is 0. The number of nitrogens with one attached hydrogen (secondary N) is 2. The van der Waals surface area contributed by atoms with Gasteiger partial charge in [-0.2, -0.15) is 0 Å². The molecule has 0 bridgehead atoms. The highest BCUT2D eigenvalue weighted by Gasteiger charge is 2.36. The zero-order valence-electron chi connectivity index (χ0n) is 22.9. The number of alkyl carbamates (subject to hydrolysis) is 1. The average Bonchev–Trinajstić information content (AvgIpc) is 2.81. The molecule has 0 saturated carbocycles. The van der Waals surface area contributed by atoms with Gasteiger partial charge in [0.05, 0.1) is 0 Å². The van der Waals surface area contributed by atoms with E-state index in [1.165, 1.54) is 4.90 Å². The quantitative estimate of drug-likeness (QED) is 0.404. The predicted molar refractivity (Wildman–Crippen MR) is 147 cm³/mol. The van der Waals surface area contributed by atoms with E-state index in [-0.39, 0.29) is 24.3 Å². The van der Waals surface area contributed by atoms with Crippen LogP contribution in [0.4, 0.5) is 4.79 Å². The molecule has 7 nitrogen and oxygen atoms in total. The maximum absolute atomic E-state index is 14.0. The summed E-state index contributed by atoms with van der Waals surface area (Å²) in [5, 5.41) is 5.72. The molecule has 2 aromatic rings. The van der Waals surface area contributed by atoms with Gasteiger partial charge in [-0.3, -0.25) is 9.59 Å². The van der Waals surface area contributed by atoms with Crippen molar-refractivity contribution in [2.45, 2.75) is 72.2 Å². The van der Waals surface area contributed by atoms with Crippen molar-refractivity contribution in [2.24, 2.45) is 5.92 Å². The summed E-state index contributed by atoms with van der Waals surface area (Å²) in [5.74, 6) is -0.579. The monoisotopic (exact) mass is 507 g/mol. The Balaban J connectivity index is 2.43. The van der Waals surface area contributed by atoms with Gasteiger partial charge in [-0.1, -0.05) is 80.1 Å². The van der Waals surface area contributed by atoms with E-state index >= 15 is 0 Å². The van der Waals surface area contributed by atoms with E-state index in [1.54, 1.807) is 26.8 Å². The first-order chi connectivity index (χ1) is 17.4. The average molecular weight is 508 g/mol. The number of hydrogen-bond acceptors (Lipinski definition) is 4. The van der Waals surface area contributed by atoms with Gasteiger partial charge in [0, 0.05) is 13.1 Å². The number of nitrogens with zero attached hydrogens (tertiary/aromatic N) is 1. The summed E-state index contributed by atoms with van der Waals surface area (Å²) in [6, 6.07) is 15.3. The number of benzene rings is 2. The molecule has 0 spiro atoms. The van der Waals surface area contributed by atoms with Gasteiger partial charge in [0.25, 0.3) is 0 Å². The van der Waals surface area contributed by atoms with E-state index in [1.807, 2.05) is 75.4 Å². The third-order valence-corrected chi connectivity index (χ3v) is 5.53. The first-order valence-electron chi connectivity index (χ1n) is 12.7. The molecular weight excluding hydrogens is 466 g/mol. The molecular formula is C30H41N3O4. The van der Waals surface area contributed by atoms with E-state index in [0.717, 1.165) is 11.1 Å². The Hall–Kier alpha value is -3.61. The second-order valence-corrected chi connectivity index (χ2v) is 10.6. The van der Waals surface area contributed by atoms with Gasteiger partial charge in [0.15, 0.2) is 0 Å². The van der Waals surface area contributed by atoms with Crippen molar-refractivity contribution < 1.29 is 19.1 Å². The Morgan fingerprint density at radius 3 is 2.30 bits per heavy atom. The minimum Gasteiger partial charge on any atom is -0.444 e. The molecule has 0 saturated heterocycles. The molecule has 2 atom stereocenters. The van der Waals surface area contributed by atoms with Crippen LogP contribution in [-0.4, -0.2) is 41.0 Å². The molecule has 0 fully saturated rings. The van der Waals surface area contributed by atoms with Crippen molar-refractivity contribution in [3.05, 3.63) is 83.9 Å². The zero-order chi connectivity index (χ0) is 27.6. The molecule has 7 heteroatoms. The standard InChI is InChI=1S/C30H41N3O4/c1-8-17-33(28(35)25(18-21(2)3)32-29(36)37-30(5,6)7)26(24-16-12-13-22(4)19-24)27(34)31-20-23-14-10-9-11-15-23/h8-16,19,21,25-26H,1,17-18,20H2,2-7H3,(H,31,34)(H,32,36). The maximum Gasteiger partial charge on any atom is 0.408 e. The number of hydrogen-bond donors (Lipinski definition) is 2. The van der Waals surface area contributed by atoms with Gasteiger partial charge >= 0.3 is 6.09 Å². The number of ether oxygens (including phenoxy) is 1. The molecule has 2 unspecified atom stereocenters. The van der Waals surface area contributed by atoms with Crippen molar-refractivity contribution in [1.82, 2.24) is 15.5 Å². The summed E-state index contributed by atoms with van der Waals surface area (Å²) in [6.45, 7) is 15.4. The van der Waals surface area contributed by atoms with Crippen molar-refractivity contribution in [3.63, 3.8) is 0 Å². The lowest BCUT2D eigenvalue weighted by atomic mass is 9.98. The second kappa shape index (κ2) is 13.6. The Morgan fingerprint density at radius 1 is 1.05 bits per heavy atom. The minimum atomic E-state index is -0.913. The van der Waals surface area contributed by atoms with E-state index < -0.39 is 23.8 Å². The molecule has 2 N–H and O–H groups in total. The highest BCUT2D eigenvalue weighted by Crippen LogP contribution is 2.25. The number of aryl methyl sites for hydroxylation is 1. The molecule has 2 rings (SSSR count). The molecule has 37 heavy (non-hydrogen) atoms.